The molecule has 0 saturated carbocycles. The van der Waals surface area contributed by atoms with Crippen LogP contribution in [0.1, 0.15) is 48.6 Å². The molecule has 312 valence electrons. The second kappa shape index (κ2) is 21.5. The lowest BCUT2D eigenvalue weighted by atomic mass is 9.70. The number of rotatable bonds is 23. The van der Waals surface area contributed by atoms with E-state index < -0.39 is 47.0 Å². The molecule has 12 heteroatoms. The van der Waals surface area contributed by atoms with Crippen molar-refractivity contribution in [3.8, 4) is 17.2 Å². The van der Waals surface area contributed by atoms with Gasteiger partial charge >= 0.3 is 17.9 Å². The van der Waals surface area contributed by atoms with Crippen molar-refractivity contribution < 1.29 is 58.1 Å². The van der Waals surface area contributed by atoms with Gasteiger partial charge in [0.05, 0.1) is 0 Å². The molecule has 4 aromatic rings. The predicted octanol–water partition coefficient (Wildman–Crippen LogP) is 5.77. The molecule has 3 atom stereocenters. The highest BCUT2D eigenvalue weighted by Crippen LogP contribution is 2.41. The molecule has 0 amide bonds. The maximum atomic E-state index is 11.4. The number of hydrogen-bond donors (Lipinski definition) is 3. The Morgan fingerprint density at radius 2 is 0.695 bits per heavy atom. The Hall–Kier alpha value is -6.21. The van der Waals surface area contributed by atoms with Crippen LogP contribution in [0.15, 0.2) is 135 Å². The standard InChI is InChI=1S/C47H52O12/c1-7-43(51)57-29-37(48)26-54-40-20-14-33(15-21-40)46(4,5)32-10-12-34(13-11-32)47(6,35-16-22-41(23-17-35)55-27-38(49)30-58-44(52)8-2)36-18-24-42(25-19-36)56-28-39(50)31-59-45(53)9-3/h7-25,37-39,48-50H,1-3,26-31H2,4-6H3. The van der Waals surface area contributed by atoms with Crippen LogP contribution in [0.2, 0.25) is 0 Å². The highest BCUT2D eigenvalue weighted by Gasteiger charge is 2.32. The molecule has 0 fully saturated rings. The van der Waals surface area contributed by atoms with Gasteiger partial charge in [0.25, 0.3) is 0 Å². The fourth-order valence-electron chi connectivity index (χ4n) is 6.06. The number of hydrogen-bond acceptors (Lipinski definition) is 12. The van der Waals surface area contributed by atoms with Crippen molar-refractivity contribution in [2.24, 2.45) is 0 Å². The smallest absolute Gasteiger partial charge is 0.330 e. The van der Waals surface area contributed by atoms with Gasteiger partial charge in [-0.2, -0.15) is 0 Å². The third kappa shape index (κ3) is 12.9. The van der Waals surface area contributed by atoms with Gasteiger partial charge in [0.15, 0.2) is 0 Å². The first-order valence-electron chi connectivity index (χ1n) is 18.9. The molecule has 0 heterocycles. The van der Waals surface area contributed by atoms with E-state index in [2.05, 4.69) is 64.8 Å². The van der Waals surface area contributed by atoms with E-state index in [-0.39, 0.29) is 39.6 Å². The molecular weight excluding hydrogens is 757 g/mol. The summed E-state index contributed by atoms with van der Waals surface area (Å²) in [6, 6.07) is 31.1. The largest absolute Gasteiger partial charge is 0.491 e. The third-order valence-electron chi connectivity index (χ3n) is 9.70. The number of aliphatic hydroxyl groups excluding tert-OH is 3. The van der Waals surface area contributed by atoms with E-state index in [0.717, 1.165) is 46.0 Å². The topological polar surface area (TPSA) is 167 Å². The second-order valence-electron chi connectivity index (χ2n) is 14.3. The fourth-order valence-corrected chi connectivity index (χ4v) is 6.06. The molecular formula is C47H52O12. The Balaban J connectivity index is 1.55. The van der Waals surface area contributed by atoms with Crippen LogP contribution in [0.25, 0.3) is 0 Å². The van der Waals surface area contributed by atoms with Crippen LogP contribution in [0.4, 0.5) is 0 Å². The summed E-state index contributed by atoms with van der Waals surface area (Å²) in [5.41, 5.74) is 3.94. The predicted molar refractivity (Wildman–Crippen MR) is 221 cm³/mol. The van der Waals surface area contributed by atoms with Crippen molar-refractivity contribution in [3.05, 3.63) is 163 Å². The van der Waals surface area contributed by atoms with Gasteiger partial charge in [-0.25, -0.2) is 14.4 Å². The summed E-state index contributed by atoms with van der Waals surface area (Å²) < 4.78 is 31.9. The number of esters is 3. The molecule has 12 nitrogen and oxygen atoms in total. The zero-order valence-electron chi connectivity index (χ0n) is 33.6. The SMILES string of the molecule is C=CC(=O)OCC(O)COc1ccc(C(C)(C)c2ccc(C(C)(c3ccc(OCC(O)COC(=O)C=C)cc3)c3ccc(OCC(O)COC(=O)C=C)cc3)cc2)cc1. The lowest BCUT2D eigenvalue weighted by molar-refractivity contribution is -0.142. The van der Waals surface area contributed by atoms with E-state index in [1.807, 2.05) is 72.8 Å². The molecule has 59 heavy (non-hydrogen) atoms. The minimum atomic E-state index is -1.03. The van der Waals surface area contributed by atoms with Crippen molar-refractivity contribution in [2.75, 3.05) is 39.6 Å². The van der Waals surface area contributed by atoms with E-state index >= 15 is 0 Å². The van der Waals surface area contributed by atoms with Crippen molar-refractivity contribution in [1.82, 2.24) is 0 Å². The summed E-state index contributed by atoms with van der Waals surface area (Å²) in [5, 5.41) is 30.5. The first kappa shape index (κ1) is 45.5. The Kier molecular flexibility index (Phi) is 16.6. The van der Waals surface area contributed by atoms with Gasteiger partial charge < -0.3 is 43.7 Å². The van der Waals surface area contributed by atoms with Crippen LogP contribution in [-0.4, -0.2) is 91.2 Å². The molecule has 0 aromatic heterocycles. The number of aliphatic hydroxyl groups is 3. The normalized spacial score (nSPS) is 13.7. The molecule has 0 spiro atoms. The summed E-state index contributed by atoms with van der Waals surface area (Å²) >= 11 is 0. The maximum Gasteiger partial charge on any atom is 0.330 e. The molecule has 0 radical (unpaired) electrons. The van der Waals surface area contributed by atoms with Gasteiger partial charge in [-0.1, -0.05) is 94.2 Å². The van der Waals surface area contributed by atoms with E-state index in [1.165, 1.54) is 0 Å². The van der Waals surface area contributed by atoms with Gasteiger partial charge in [0.2, 0.25) is 0 Å². The Labute approximate surface area is 344 Å². The van der Waals surface area contributed by atoms with Gasteiger partial charge in [0, 0.05) is 29.1 Å². The van der Waals surface area contributed by atoms with Gasteiger partial charge in [-0.05, 0) is 71.1 Å². The first-order chi connectivity index (χ1) is 28.2. The van der Waals surface area contributed by atoms with Crippen molar-refractivity contribution in [2.45, 2.75) is 49.9 Å². The molecule has 3 N–H and O–H groups in total. The summed E-state index contributed by atoms with van der Waals surface area (Å²) in [7, 11) is 0. The monoisotopic (exact) mass is 808 g/mol. The van der Waals surface area contributed by atoms with E-state index in [9.17, 15) is 29.7 Å². The van der Waals surface area contributed by atoms with Gasteiger partial charge in [-0.15, -0.1) is 0 Å². The average Bonchev–Trinajstić information content (AvgIpc) is 3.27. The van der Waals surface area contributed by atoms with E-state index in [1.54, 1.807) is 0 Å². The molecule has 3 unspecified atom stereocenters. The van der Waals surface area contributed by atoms with E-state index in [0.29, 0.717) is 17.2 Å². The number of ether oxygens (including phenoxy) is 6. The maximum absolute atomic E-state index is 11.4. The highest BCUT2D eigenvalue weighted by molar-refractivity contribution is 5.81. The van der Waals surface area contributed by atoms with Gasteiger partial charge in [0.1, 0.15) is 75.2 Å². The summed E-state index contributed by atoms with van der Waals surface area (Å²) in [6.07, 6.45) is 0.0444. The number of carbonyl (C=O) groups is 3. The Bertz CT molecular complexity index is 1920. The highest BCUT2D eigenvalue weighted by atomic mass is 16.6. The van der Waals surface area contributed by atoms with Crippen molar-refractivity contribution >= 4 is 17.9 Å². The zero-order valence-corrected chi connectivity index (χ0v) is 33.6. The van der Waals surface area contributed by atoms with Crippen LogP contribution >= 0.6 is 0 Å². The molecule has 0 bridgehead atoms. The Morgan fingerprint density at radius 1 is 0.458 bits per heavy atom. The van der Waals surface area contributed by atoms with Crippen LogP contribution in [0.5, 0.6) is 17.2 Å². The lowest BCUT2D eigenvalue weighted by Crippen LogP contribution is -2.27. The summed E-state index contributed by atoms with van der Waals surface area (Å²) in [6.45, 7) is 15.5. The lowest BCUT2D eigenvalue weighted by Gasteiger charge is -2.33. The number of benzene rings is 4. The first-order valence-corrected chi connectivity index (χ1v) is 18.9. The van der Waals surface area contributed by atoms with Crippen molar-refractivity contribution in [3.63, 3.8) is 0 Å². The van der Waals surface area contributed by atoms with E-state index in [4.69, 9.17) is 28.4 Å². The molecule has 0 aliphatic carbocycles. The summed E-state index contributed by atoms with van der Waals surface area (Å²) in [4.78, 5) is 34.0. The van der Waals surface area contributed by atoms with Crippen LogP contribution in [0, 0.1) is 0 Å². The third-order valence-corrected chi connectivity index (χ3v) is 9.70. The van der Waals surface area contributed by atoms with Crippen LogP contribution < -0.4 is 14.2 Å². The molecule has 4 rings (SSSR count). The second-order valence-corrected chi connectivity index (χ2v) is 14.3. The molecule has 0 aliphatic rings. The Morgan fingerprint density at radius 3 is 0.966 bits per heavy atom. The minimum absolute atomic E-state index is 0.0464. The number of carbonyl (C=O) groups excluding carboxylic acids is 3. The van der Waals surface area contributed by atoms with Crippen LogP contribution in [-0.2, 0) is 39.4 Å². The average molecular weight is 809 g/mol. The molecule has 4 aromatic carbocycles. The summed E-state index contributed by atoms with van der Waals surface area (Å²) in [5.74, 6) is -0.275. The fraction of sp³-hybridized carbons (Fsp3) is 0.298. The van der Waals surface area contributed by atoms with Crippen molar-refractivity contribution in [1.29, 1.82) is 0 Å². The molecule has 0 saturated heterocycles. The quantitative estimate of drug-likeness (QED) is 0.0359. The van der Waals surface area contributed by atoms with Crippen LogP contribution in [0.3, 0.4) is 0 Å². The minimum Gasteiger partial charge on any atom is -0.491 e. The van der Waals surface area contributed by atoms with Gasteiger partial charge in [-0.3, -0.25) is 0 Å². The molecule has 0 aliphatic heterocycles. The zero-order chi connectivity index (χ0) is 43.0.